The van der Waals surface area contributed by atoms with Crippen molar-refractivity contribution < 1.29 is 34.2 Å². The highest BCUT2D eigenvalue weighted by atomic mass is 16.6. The number of methoxy groups -OCH3 is 1. The fraction of sp³-hybridized carbons (Fsp3) is 0.333. The van der Waals surface area contributed by atoms with E-state index < -0.39 is 28.4 Å². The molecule has 0 aliphatic carbocycles. The van der Waals surface area contributed by atoms with Gasteiger partial charge in [-0.15, -0.1) is 0 Å². The molecule has 11 nitrogen and oxygen atoms in total. The SMILES string of the molecule is COc1ccc(C(O)=C2C(=O)C(=O)N(CCN3CCOCC3)[C@@H]2c2ccc([N+](=O)[O-])cc2)c(O)c1. The summed E-state index contributed by atoms with van der Waals surface area (Å²) in [6.07, 6.45) is 0. The van der Waals surface area contributed by atoms with Crippen LogP contribution in [0, 0.1) is 10.1 Å². The van der Waals surface area contributed by atoms with Crippen LogP contribution in [0.25, 0.3) is 5.76 Å². The van der Waals surface area contributed by atoms with Gasteiger partial charge in [0.15, 0.2) is 0 Å². The van der Waals surface area contributed by atoms with Crippen molar-refractivity contribution in [3.8, 4) is 11.5 Å². The molecular weight excluding hydrogens is 458 g/mol. The zero-order valence-corrected chi connectivity index (χ0v) is 19.0. The molecule has 11 heteroatoms. The monoisotopic (exact) mass is 483 g/mol. The molecule has 1 atom stereocenters. The average molecular weight is 483 g/mol. The lowest BCUT2D eigenvalue weighted by atomic mass is 9.94. The summed E-state index contributed by atoms with van der Waals surface area (Å²) >= 11 is 0. The highest BCUT2D eigenvalue weighted by Gasteiger charge is 2.46. The third kappa shape index (κ3) is 4.81. The summed E-state index contributed by atoms with van der Waals surface area (Å²) in [4.78, 5) is 40.2. The van der Waals surface area contributed by atoms with Gasteiger partial charge in [0.05, 0.1) is 42.4 Å². The molecule has 2 fully saturated rings. The van der Waals surface area contributed by atoms with Gasteiger partial charge in [-0.3, -0.25) is 24.6 Å². The van der Waals surface area contributed by atoms with Gasteiger partial charge in [-0.25, -0.2) is 0 Å². The van der Waals surface area contributed by atoms with Crippen LogP contribution >= 0.6 is 0 Å². The number of nitrogens with zero attached hydrogens (tertiary/aromatic N) is 3. The van der Waals surface area contributed by atoms with Crippen molar-refractivity contribution in [1.82, 2.24) is 9.80 Å². The number of aliphatic hydroxyl groups excluding tert-OH is 1. The second kappa shape index (κ2) is 10.1. The number of benzene rings is 2. The molecule has 0 aromatic heterocycles. The number of Topliss-reactive ketones (excluding diaryl/α,β-unsaturated/α-hetero) is 1. The first-order chi connectivity index (χ1) is 16.8. The third-order valence-corrected chi connectivity index (χ3v) is 6.18. The van der Waals surface area contributed by atoms with Gasteiger partial charge in [-0.2, -0.15) is 0 Å². The first-order valence-corrected chi connectivity index (χ1v) is 11.0. The van der Waals surface area contributed by atoms with E-state index in [-0.39, 0.29) is 29.1 Å². The van der Waals surface area contributed by atoms with E-state index in [4.69, 9.17) is 9.47 Å². The highest BCUT2D eigenvalue weighted by Crippen LogP contribution is 2.41. The van der Waals surface area contributed by atoms with Gasteiger partial charge in [0.1, 0.15) is 17.3 Å². The number of carbonyl (C=O) groups excluding carboxylic acids is 2. The standard InChI is InChI=1S/C24H25N3O8/c1-34-17-6-7-18(19(28)14-17)22(29)20-21(15-2-4-16(5-3-15)27(32)33)26(24(31)23(20)30)9-8-25-10-12-35-13-11-25/h2-7,14,21,28-29H,8-13H2,1H3/t21-/m1/s1. The number of carbonyl (C=O) groups is 2. The van der Waals surface area contributed by atoms with Crippen LogP contribution < -0.4 is 4.74 Å². The quantitative estimate of drug-likeness (QED) is 0.199. The number of hydrogen-bond donors (Lipinski definition) is 2. The van der Waals surface area contributed by atoms with Crippen molar-refractivity contribution in [1.29, 1.82) is 0 Å². The molecule has 2 N–H and O–H groups in total. The molecule has 35 heavy (non-hydrogen) atoms. The fourth-order valence-electron chi connectivity index (χ4n) is 4.29. The second-order valence-electron chi connectivity index (χ2n) is 8.18. The Hall–Kier alpha value is -3.96. The number of hydrogen-bond acceptors (Lipinski definition) is 9. The number of non-ortho nitro benzene ring substituents is 1. The number of amides is 1. The normalized spacial score (nSPS) is 20.3. The lowest BCUT2D eigenvalue weighted by Gasteiger charge is -2.31. The van der Waals surface area contributed by atoms with Crippen molar-refractivity contribution >= 4 is 23.1 Å². The number of likely N-dealkylation sites (tertiary alicyclic amines) is 1. The first-order valence-electron chi connectivity index (χ1n) is 11.0. The summed E-state index contributed by atoms with van der Waals surface area (Å²) in [5, 5.41) is 32.6. The van der Waals surface area contributed by atoms with Crippen LogP contribution in [0.2, 0.25) is 0 Å². The Kier molecular flexibility index (Phi) is 6.99. The number of ketones is 1. The molecule has 2 aliphatic heterocycles. The summed E-state index contributed by atoms with van der Waals surface area (Å²) in [5.74, 6) is -2.22. The highest BCUT2D eigenvalue weighted by molar-refractivity contribution is 6.46. The molecule has 0 radical (unpaired) electrons. The van der Waals surface area contributed by atoms with Gasteiger partial charge in [0.2, 0.25) is 0 Å². The van der Waals surface area contributed by atoms with Crippen LogP contribution in [0.3, 0.4) is 0 Å². The van der Waals surface area contributed by atoms with Crippen molar-refractivity contribution in [3.05, 3.63) is 69.3 Å². The number of phenolic OH excluding ortho intramolecular Hbond substituents is 1. The fourth-order valence-corrected chi connectivity index (χ4v) is 4.29. The zero-order chi connectivity index (χ0) is 25.1. The Labute approximate surface area is 200 Å². The largest absolute Gasteiger partial charge is 0.507 e. The topological polar surface area (TPSA) is 143 Å². The molecule has 4 rings (SSSR count). The summed E-state index contributed by atoms with van der Waals surface area (Å²) in [5.41, 5.74) is 0.0355. The number of phenols is 1. The van der Waals surface area contributed by atoms with Gasteiger partial charge in [-0.05, 0) is 29.8 Å². The molecule has 0 unspecified atom stereocenters. The molecule has 2 aromatic carbocycles. The average Bonchev–Trinajstić information content (AvgIpc) is 3.12. The van der Waals surface area contributed by atoms with Gasteiger partial charge in [-0.1, -0.05) is 0 Å². The van der Waals surface area contributed by atoms with Crippen molar-refractivity contribution in [2.24, 2.45) is 0 Å². The van der Waals surface area contributed by atoms with Crippen molar-refractivity contribution in [3.63, 3.8) is 0 Å². The minimum Gasteiger partial charge on any atom is -0.507 e. The maximum Gasteiger partial charge on any atom is 0.295 e. The molecule has 2 aromatic rings. The molecule has 2 aliphatic rings. The van der Waals surface area contributed by atoms with Gasteiger partial charge in [0.25, 0.3) is 17.4 Å². The number of aromatic hydroxyl groups is 1. The maximum atomic E-state index is 13.1. The molecule has 184 valence electrons. The lowest BCUT2D eigenvalue weighted by molar-refractivity contribution is -0.384. The van der Waals surface area contributed by atoms with Crippen molar-refractivity contribution in [2.75, 3.05) is 46.5 Å². The number of rotatable bonds is 7. The molecule has 0 spiro atoms. The first kappa shape index (κ1) is 24.2. The number of nitro benzene ring substituents is 1. The Morgan fingerprint density at radius 3 is 2.43 bits per heavy atom. The van der Waals surface area contributed by atoms with E-state index in [9.17, 15) is 29.9 Å². The van der Waals surface area contributed by atoms with Gasteiger partial charge >= 0.3 is 0 Å². The lowest BCUT2D eigenvalue weighted by Crippen LogP contribution is -2.42. The minimum atomic E-state index is -0.988. The van der Waals surface area contributed by atoms with Crippen LogP contribution in [0.4, 0.5) is 5.69 Å². The maximum absolute atomic E-state index is 13.1. The van der Waals surface area contributed by atoms with E-state index in [0.717, 1.165) is 0 Å². The van der Waals surface area contributed by atoms with Crippen LogP contribution in [-0.2, 0) is 14.3 Å². The second-order valence-corrected chi connectivity index (χ2v) is 8.18. The molecule has 0 bridgehead atoms. The minimum absolute atomic E-state index is 0.0381. The number of nitro groups is 1. The predicted molar refractivity (Wildman–Crippen MR) is 124 cm³/mol. The van der Waals surface area contributed by atoms with E-state index in [1.54, 1.807) is 0 Å². The van der Waals surface area contributed by atoms with Gasteiger partial charge < -0.3 is 24.6 Å². The number of ether oxygens (including phenoxy) is 2. The van der Waals surface area contributed by atoms with Crippen LogP contribution in [0.1, 0.15) is 17.2 Å². The van der Waals surface area contributed by atoms with E-state index in [0.29, 0.717) is 44.2 Å². The third-order valence-electron chi connectivity index (χ3n) is 6.18. The van der Waals surface area contributed by atoms with Crippen LogP contribution in [0.15, 0.2) is 48.0 Å². The predicted octanol–water partition coefficient (Wildman–Crippen LogP) is 2.06. The van der Waals surface area contributed by atoms with E-state index in [2.05, 4.69) is 4.90 Å². The molecule has 2 heterocycles. The van der Waals surface area contributed by atoms with Gasteiger partial charge in [0, 0.05) is 44.4 Å². The van der Waals surface area contributed by atoms with Crippen LogP contribution in [0.5, 0.6) is 11.5 Å². The van der Waals surface area contributed by atoms with E-state index in [1.165, 1.54) is 54.5 Å². The Balaban J connectivity index is 1.77. The Morgan fingerprint density at radius 2 is 1.83 bits per heavy atom. The molecule has 2 saturated heterocycles. The number of morpholine rings is 1. The Bertz CT molecular complexity index is 1170. The summed E-state index contributed by atoms with van der Waals surface area (Å²) in [7, 11) is 1.42. The smallest absolute Gasteiger partial charge is 0.295 e. The summed E-state index contributed by atoms with van der Waals surface area (Å²) in [6.45, 7) is 3.19. The molecule has 0 saturated carbocycles. The number of aliphatic hydroxyl groups is 1. The van der Waals surface area contributed by atoms with Crippen LogP contribution in [-0.4, -0.2) is 83.1 Å². The van der Waals surface area contributed by atoms with Crippen molar-refractivity contribution in [2.45, 2.75) is 6.04 Å². The molecular formula is C24H25N3O8. The van der Waals surface area contributed by atoms with E-state index in [1.807, 2.05) is 0 Å². The Morgan fingerprint density at radius 1 is 1.14 bits per heavy atom. The summed E-state index contributed by atoms with van der Waals surface area (Å²) in [6, 6.07) is 8.66. The van der Waals surface area contributed by atoms with E-state index >= 15 is 0 Å². The zero-order valence-electron chi connectivity index (χ0n) is 19.0. The molecule has 1 amide bonds. The summed E-state index contributed by atoms with van der Waals surface area (Å²) < 4.78 is 10.4.